The van der Waals surface area contributed by atoms with Gasteiger partial charge in [-0.25, -0.2) is 0 Å². The SMILES string of the molecule is Cc1ccc(C(=O)Nc2cccc(OCC3CCCO3)c2)c(C)c1. The van der Waals surface area contributed by atoms with E-state index in [1.165, 1.54) is 0 Å². The van der Waals surface area contributed by atoms with Crippen LogP contribution in [-0.4, -0.2) is 25.2 Å². The number of aryl methyl sites for hydroxylation is 2. The van der Waals surface area contributed by atoms with Crippen LogP contribution in [0.5, 0.6) is 5.75 Å². The summed E-state index contributed by atoms with van der Waals surface area (Å²) >= 11 is 0. The van der Waals surface area contributed by atoms with E-state index in [-0.39, 0.29) is 12.0 Å². The van der Waals surface area contributed by atoms with Gasteiger partial charge >= 0.3 is 0 Å². The maximum Gasteiger partial charge on any atom is 0.255 e. The summed E-state index contributed by atoms with van der Waals surface area (Å²) in [6.45, 7) is 5.33. The summed E-state index contributed by atoms with van der Waals surface area (Å²) in [4.78, 5) is 12.5. The molecule has 1 amide bonds. The highest BCUT2D eigenvalue weighted by Gasteiger charge is 2.16. The van der Waals surface area contributed by atoms with Crippen LogP contribution in [0.3, 0.4) is 0 Å². The van der Waals surface area contributed by atoms with Crippen LogP contribution in [0.25, 0.3) is 0 Å². The Morgan fingerprint density at radius 1 is 1.25 bits per heavy atom. The summed E-state index contributed by atoms with van der Waals surface area (Å²) in [5.41, 5.74) is 3.53. The number of carbonyl (C=O) groups excluding carboxylic acids is 1. The van der Waals surface area contributed by atoms with Crippen molar-refractivity contribution in [2.24, 2.45) is 0 Å². The largest absolute Gasteiger partial charge is 0.491 e. The third-order valence-electron chi connectivity index (χ3n) is 4.18. The van der Waals surface area contributed by atoms with Crippen molar-refractivity contribution in [1.29, 1.82) is 0 Å². The van der Waals surface area contributed by atoms with Crippen molar-refractivity contribution in [1.82, 2.24) is 0 Å². The molecule has 0 aromatic heterocycles. The van der Waals surface area contributed by atoms with E-state index >= 15 is 0 Å². The van der Waals surface area contributed by atoms with Gasteiger partial charge in [0.2, 0.25) is 0 Å². The summed E-state index contributed by atoms with van der Waals surface area (Å²) in [7, 11) is 0. The molecule has 1 atom stereocenters. The van der Waals surface area contributed by atoms with Crippen molar-refractivity contribution in [3.05, 3.63) is 59.2 Å². The van der Waals surface area contributed by atoms with E-state index in [1.54, 1.807) is 0 Å². The van der Waals surface area contributed by atoms with Gasteiger partial charge in [-0.3, -0.25) is 4.79 Å². The zero-order valence-electron chi connectivity index (χ0n) is 14.2. The lowest BCUT2D eigenvalue weighted by atomic mass is 10.1. The van der Waals surface area contributed by atoms with Crippen LogP contribution in [0.15, 0.2) is 42.5 Å². The number of benzene rings is 2. The Morgan fingerprint density at radius 3 is 2.88 bits per heavy atom. The molecule has 4 heteroatoms. The smallest absolute Gasteiger partial charge is 0.255 e. The molecule has 0 saturated carbocycles. The highest BCUT2D eigenvalue weighted by Crippen LogP contribution is 2.21. The second-order valence-corrected chi connectivity index (χ2v) is 6.25. The highest BCUT2D eigenvalue weighted by atomic mass is 16.5. The molecular weight excluding hydrogens is 302 g/mol. The summed E-state index contributed by atoms with van der Waals surface area (Å²) in [5, 5.41) is 2.94. The number of hydrogen-bond donors (Lipinski definition) is 1. The summed E-state index contributed by atoms with van der Waals surface area (Å²) < 4.78 is 11.3. The Kier molecular flexibility index (Phi) is 5.16. The zero-order chi connectivity index (χ0) is 16.9. The lowest BCUT2D eigenvalue weighted by molar-refractivity contribution is 0.0680. The summed E-state index contributed by atoms with van der Waals surface area (Å²) in [6.07, 6.45) is 2.32. The molecule has 126 valence electrons. The second kappa shape index (κ2) is 7.49. The molecule has 0 bridgehead atoms. The Morgan fingerprint density at radius 2 is 2.12 bits per heavy atom. The van der Waals surface area contributed by atoms with Gasteiger partial charge < -0.3 is 14.8 Å². The molecule has 0 aliphatic carbocycles. The molecule has 24 heavy (non-hydrogen) atoms. The van der Waals surface area contributed by atoms with Crippen molar-refractivity contribution in [2.75, 3.05) is 18.5 Å². The van der Waals surface area contributed by atoms with E-state index in [0.29, 0.717) is 12.2 Å². The normalized spacial score (nSPS) is 16.8. The molecule has 4 nitrogen and oxygen atoms in total. The van der Waals surface area contributed by atoms with Crippen LogP contribution in [0.1, 0.15) is 34.3 Å². The molecule has 1 aliphatic rings. The van der Waals surface area contributed by atoms with Gasteiger partial charge in [-0.2, -0.15) is 0 Å². The van der Waals surface area contributed by atoms with E-state index in [4.69, 9.17) is 9.47 Å². The van der Waals surface area contributed by atoms with E-state index in [0.717, 1.165) is 42.0 Å². The molecule has 1 unspecified atom stereocenters. The number of nitrogens with one attached hydrogen (secondary N) is 1. The molecule has 3 rings (SSSR count). The van der Waals surface area contributed by atoms with Crippen molar-refractivity contribution < 1.29 is 14.3 Å². The average molecular weight is 325 g/mol. The first kappa shape index (κ1) is 16.5. The zero-order valence-corrected chi connectivity index (χ0v) is 14.2. The maximum atomic E-state index is 12.5. The molecule has 2 aromatic carbocycles. The van der Waals surface area contributed by atoms with Crippen LogP contribution in [0.2, 0.25) is 0 Å². The van der Waals surface area contributed by atoms with Crippen LogP contribution >= 0.6 is 0 Å². The van der Waals surface area contributed by atoms with Gasteiger partial charge in [0.25, 0.3) is 5.91 Å². The minimum atomic E-state index is -0.108. The fourth-order valence-corrected chi connectivity index (χ4v) is 2.90. The first-order valence-electron chi connectivity index (χ1n) is 8.35. The topological polar surface area (TPSA) is 47.6 Å². The van der Waals surface area contributed by atoms with Crippen LogP contribution < -0.4 is 10.1 Å². The third-order valence-corrected chi connectivity index (χ3v) is 4.18. The average Bonchev–Trinajstić information content (AvgIpc) is 3.06. The van der Waals surface area contributed by atoms with Crippen LogP contribution in [-0.2, 0) is 4.74 Å². The van der Waals surface area contributed by atoms with Gasteiger partial charge in [0.15, 0.2) is 0 Å². The van der Waals surface area contributed by atoms with Crippen molar-refractivity contribution in [2.45, 2.75) is 32.8 Å². The fourth-order valence-electron chi connectivity index (χ4n) is 2.90. The Bertz CT molecular complexity index is 721. The van der Waals surface area contributed by atoms with Crippen molar-refractivity contribution in [3.63, 3.8) is 0 Å². The second-order valence-electron chi connectivity index (χ2n) is 6.25. The molecule has 0 radical (unpaired) electrons. The third kappa shape index (κ3) is 4.15. The van der Waals surface area contributed by atoms with Crippen molar-refractivity contribution >= 4 is 11.6 Å². The predicted molar refractivity (Wildman–Crippen MR) is 94.8 cm³/mol. The number of anilines is 1. The molecule has 1 heterocycles. The van der Waals surface area contributed by atoms with Crippen molar-refractivity contribution in [3.8, 4) is 5.75 Å². The Hall–Kier alpha value is -2.33. The van der Waals surface area contributed by atoms with Gasteiger partial charge in [0, 0.05) is 23.9 Å². The molecule has 1 aliphatic heterocycles. The molecule has 0 spiro atoms. The number of rotatable bonds is 5. The lowest BCUT2D eigenvalue weighted by Gasteiger charge is -2.13. The molecule has 2 aromatic rings. The monoisotopic (exact) mass is 325 g/mol. The maximum absolute atomic E-state index is 12.5. The molecular formula is C20H23NO3. The van der Waals surface area contributed by atoms with E-state index in [1.807, 2.05) is 56.3 Å². The Balaban J connectivity index is 1.64. The predicted octanol–water partition coefficient (Wildman–Crippen LogP) is 4.11. The van der Waals surface area contributed by atoms with Crippen LogP contribution in [0, 0.1) is 13.8 Å². The molecule has 1 N–H and O–H groups in total. The van der Waals surface area contributed by atoms with E-state index in [2.05, 4.69) is 5.32 Å². The van der Waals surface area contributed by atoms with E-state index < -0.39 is 0 Å². The highest BCUT2D eigenvalue weighted by molar-refractivity contribution is 6.05. The molecule has 1 fully saturated rings. The van der Waals surface area contributed by atoms with E-state index in [9.17, 15) is 4.79 Å². The van der Waals surface area contributed by atoms with Gasteiger partial charge in [-0.05, 0) is 50.5 Å². The first-order valence-corrected chi connectivity index (χ1v) is 8.35. The number of carbonyl (C=O) groups is 1. The van der Waals surface area contributed by atoms with Gasteiger partial charge in [-0.15, -0.1) is 0 Å². The standard InChI is InChI=1S/C20H23NO3/c1-14-8-9-19(15(2)11-14)20(22)21-16-5-3-6-17(12-16)24-13-18-7-4-10-23-18/h3,5-6,8-9,11-12,18H,4,7,10,13H2,1-2H3,(H,21,22). The summed E-state index contributed by atoms with van der Waals surface area (Å²) in [5.74, 6) is 0.632. The number of hydrogen-bond acceptors (Lipinski definition) is 3. The first-order chi connectivity index (χ1) is 11.6. The Labute approximate surface area is 142 Å². The lowest BCUT2D eigenvalue weighted by Crippen LogP contribution is -2.16. The fraction of sp³-hybridized carbons (Fsp3) is 0.350. The molecule has 1 saturated heterocycles. The minimum absolute atomic E-state index is 0.108. The number of ether oxygens (including phenoxy) is 2. The quantitative estimate of drug-likeness (QED) is 0.900. The number of amides is 1. The van der Waals surface area contributed by atoms with Crippen LogP contribution in [0.4, 0.5) is 5.69 Å². The minimum Gasteiger partial charge on any atom is -0.491 e. The summed E-state index contributed by atoms with van der Waals surface area (Å²) in [6, 6.07) is 13.3. The van der Waals surface area contributed by atoms with Gasteiger partial charge in [0.1, 0.15) is 12.4 Å². The van der Waals surface area contributed by atoms with Gasteiger partial charge in [-0.1, -0.05) is 23.8 Å². The van der Waals surface area contributed by atoms with Gasteiger partial charge in [0.05, 0.1) is 6.10 Å².